The lowest BCUT2D eigenvalue weighted by Crippen LogP contribution is -2.29. The number of methoxy groups -OCH3 is 3. The summed E-state index contributed by atoms with van der Waals surface area (Å²) in [4.78, 5) is 54.4. The van der Waals surface area contributed by atoms with Crippen LogP contribution in [0.1, 0.15) is 46.8 Å². The molecule has 232 valence electrons. The van der Waals surface area contributed by atoms with Gasteiger partial charge in [-0.25, -0.2) is 0 Å². The maximum atomic E-state index is 13.7. The minimum absolute atomic E-state index is 0.0336. The number of thioether (sulfide) groups is 1. The van der Waals surface area contributed by atoms with E-state index in [4.69, 9.17) is 18.9 Å². The quantitative estimate of drug-likeness (QED) is 0.0740. The fraction of sp³-hybridized carbons (Fsp3) is 0.323. The Bertz CT molecular complexity index is 1630. The standard InChI is InChI=1S/C31H32N2O10S/c1-39-25-16-18-11-13-22(21-17-23(34)26(44-4)14-12-19(21)28(18)30(41-3)29(25)40-2)32-31(36)20-8-5-6-9-24(20)43-27(35)10-7-15-42-33(37)38/h5-6,8-9,12,14,16-17,22H,7,10-11,13,15H2,1-4H3,(H,32,36)/t22-/m0/s1. The van der Waals surface area contributed by atoms with Gasteiger partial charge in [0, 0.05) is 12.0 Å². The van der Waals surface area contributed by atoms with Crippen LogP contribution in [0.4, 0.5) is 0 Å². The molecular formula is C31H32N2O10S. The van der Waals surface area contributed by atoms with E-state index in [9.17, 15) is 24.5 Å². The fourth-order valence-electron chi connectivity index (χ4n) is 5.13. The predicted molar refractivity (Wildman–Crippen MR) is 162 cm³/mol. The van der Waals surface area contributed by atoms with Gasteiger partial charge in [0.1, 0.15) is 5.75 Å². The number of ether oxygens (including phenoxy) is 4. The Labute approximate surface area is 257 Å². The molecule has 3 aromatic rings. The second kappa shape index (κ2) is 14.6. The molecule has 0 saturated carbocycles. The van der Waals surface area contributed by atoms with E-state index in [0.29, 0.717) is 46.1 Å². The lowest BCUT2D eigenvalue weighted by Gasteiger charge is -2.20. The van der Waals surface area contributed by atoms with E-state index < -0.39 is 23.0 Å². The van der Waals surface area contributed by atoms with Crippen molar-refractivity contribution in [2.24, 2.45) is 0 Å². The van der Waals surface area contributed by atoms with Crippen molar-refractivity contribution >= 4 is 23.6 Å². The molecule has 1 atom stereocenters. The Kier molecular flexibility index (Phi) is 10.7. The van der Waals surface area contributed by atoms with Crippen molar-refractivity contribution < 1.29 is 38.5 Å². The number of para-hydroxylation sites is 1. The molecule has 13 heteroatoms. The lowest BCUT2D eigenvalue weighted by molar-refractivity contribution is -0.757. The molecule has 3 aromatic carbocycles. The fourth-order valence-corrected chi connectivity index (χ4v) is 5.59. The molecule has 0 heterocycles. The van der Waals surface area contributed by atoms with E-state index in [1.54, 1.807) is 18.2 Å². The summed E-state index contributed by atoms with van der Waals surface area (Å²) < 4.78 is 22.5. The number of hydrogen-bond acceptors (Lipinski definition) is 11. The zero-order valence-corrected chi connectivity index (χ0v) is 25.5. The highest BCUT2D eigenvalue weighted by atomic mass is 32.2. The molecular weight excluding hydrogens is 592 g/mol. The maximum Gasteiger partial charge on any atom is 0.311 e. The Morgan fingerprint density at radius 2 is 1.77 bits per heavy atom. The molecule has 1 N–H and O–H groups in total. The highest BCUT2D eigenvalue weighted by Crippen LogP contribution is 2.50. The molecule has 44 heavy (non-hydrogen) atoms. The smallest absolute Gasteiger partial charge is 0.311 e. The number of carbonyl (C=O) groups is 2. The molecule has 0 aromatic heterocycles. The van der Waals surface area contributed by atoms with Crippen LogP contribution in [0.2, 0.25) is 0 Å². The minimum Gasteiger partial charge on any atom is -0.493 e. The zero-order valence-electron chi connectivity index (χ0n) is 24.7. The summed E-state index contributed by atoms with van der Waals surface area (Å²) in [5.41, 5.74) is 2.81. The zero-order chi connectivity index (χ0) is 31.8. The molecule has 0 aliphatic heterocycles. The first kappa shape index (κ1) is 32.1. The number of nitrogens with one attached hydrogen (secondary N) is 1. The van der Waals surface area contributed by atoms with E-state index in [1.807, 2.05) is 18.4 Å². The topological polar surface area (TPSA) is 153 Å². The number of esters is 1. The molecule has 1 aliphatic rings. The average molecular weight is 625 g/mol. The van der Waals surface area contributed by atoms with Crippen LogP contribution in [0.5, 0.6) is 23.0 Å². The van der Waals surface area contributed by atoms with Gasteiger partial charge in [-0.15, -0.1) is 21.9 Å². The van der Waals surface area contributed by atoms with Crippen molar-refractivity contribution in [3.05, 3.63) is 85.6 Å². The second-order valence-corrected chi connectivity index (χ2v) is 10.5. The first-order chi connectivity index (χ1) is 21.2. The van der Waals surface area contributed by atoms with Gasteiger partial charge in [-0.05, 0) is 72.5 Å². The van der Waals surface area contributed by atoms with Gasteiger partial charge in [-0.2, -0.15) is 0 Å². The molecule has 1 aliphatic carbocycles. The molecule has 12 nitrogen and oxygen atoms in total. The summed E-state index contributed by atoms with van der Waals surface area (Å²) in [5, 5.41) is 12.4. The third kappa shape index (κ3) is 7.05. The molecule has 0 unspecified atom stereocenters. The number of nitrogens with zero attached hydrogens (tertiary/aromatic N) is 1. The normalized spacial score (nSPS) is 13.4. The summed E-state index contributed by atoms with van der Waals surface area (Å²) in [6, 6.07) is 12.7. The highest BCUT2D eigenvalue weighted by molar-refractivity contribution is 7.98. The van der Waals surface area contributed by atoms with Crippen LogP contribution in [0, 0.1) is 10.1 Å². The number of aryl methyl sites for hydroxylation is 1. The molecule has 0 spiro atoms. The Balaban J connectivity index is 1.72. The van der Waals surface area contributed by atoms with Gasteiger partial charge in [-0.3, -0.25) is 14.4 Å². The summed E-state index contributed by atoms with van der Waals surface area (Å²) in [6.07, 6.45) is 2.67. The van der Waals surface area contributed by atoms with Crippen LogP contribution >= 0.6 is 11.8 Å². The van der Waals surface area contributed by atoms with Crippen molar-refractivity contribution in [1.29, 1.82) is 0 Å². The van der Waals surface area contributed by atoms with E-state index in [0.717, 1.165) is 11.1 Å². The van der Waals surface area contributed by atoms with Crippen LogP contribution in [0.3, 0.4) is 0 Å². The number of carbonyl (C=O) groups excluding carboxylic acids is 2. The second-order valence-electron chi connectivity index (χ2n) is 9.65. The van der Waals surface area contributed by atoms with Crippen molar-refractivity contribution in [3.63, 3.8) is 0 Å². The Hall–Kier alpha value is -4.78. The van der Waals surface area contributed by atoms with Gasteiger partial charge in [0.15, 0.2) is 16.9 Å². The van der Waals surface area contributed by atoms with E-state index >= 15 is 0 Å². The summed E-state index contributed by atoms with van der Waals surface area (Å²) >= 11 is 1.32. The predicted octanol–water partition coefficient (Wildman–Crippen LogP) is 4.77. The van der Waals surface area contributed by atoms with Gasteiger partial charge in [0.05, 0.1) is 44.4 Å². The number of rotatable bonds is 12. The van der Waals surface area contributed by atoms with Crippen LogP contribution in [-0.4, -0.2) is 51.2 Å². The SMILES string of the molecule is COc1cc2c(c(OC)c1OC)-c1ccc(SC)c(=O)cc1[C@@H](NC(=O)c1ccccc1OC(=O)CCCO[N+](=O)[O-])CC2. The summed E-state index contributed by atoms with van der Waals surface area (Å²) in [7, 11) is 4.59. The lowest BCUT2D eigenvalue weighted by atomic mass is 9.95. The van der Waals surface area contributed by atoms with Gasteiger partial charge in [0.25, 0.3) is 11.0 Å². The molecule has 4 rings (SSSR count). The Morgan fingerprint density at radius 1 is 1.02 bits per heavy atom. The number of fused-ring (bicyclic) bond motifs is 3. The third-order valence-corrected chi connectivity index (χ3v) is 7.88. The van der Waals surface area contributed by atoms with Crippen LogP contribution in [0.15, 0.2) is 58.2 Å². The van der Waals surface area contributed by atoms with Crippen LogP contribution in [-0.2, 0) is 16.1 Å². The number of amides is 1. The van der Waals surface area contributed by atoms with Crippen molar-refractivity contribution in [2.75, 3.05) is 34.2 Å². The first-order valence-electron chi connectivity index (χ1n) is 13.6. The number of hydrogen-bond donors (Lipinski definition) is 1. The Morgan fingerprint density at radius 3 is 2.45 bits per heavy atom. The molecule has 0 saturated heterocycles. The van der Waals surface area contributed by atoms with Gasteiger partial charge in [-0.1, -0.05) is 18.2 Å². The molecule has 1 amide bonds. The molecule has 0 radical (unpaired) electrons. The largest absolute Gasteiger partial charge is 0.493 e. The van der Waals surface area contributed by atoms with Gasteiger partial charge < -0.3 is 29.1 Å². The molecule has 0 bridgehead atoms. The molecule has 0 fully saturated rings. The maximum absolute atomic E-state index is 13.7. The third-order valence-electron chi connectivity index (χ3n) is 7.10. The first-order valence-corrected chi connectivity index (χ1v) is 14.9. The summed E-state index contributed by atoms with van der Waals surface area (Å²) in [5.74, 6) is 0.184. The monoisotopic (exact) mass is 624 g/mol. The van der Waals surface area contributed by atoms with Crippen molar-refractivity contribution in [1.82, 2.24) is 5.32 Å². The average Bonchev–Trinajstić information content (AvgIpc) is 3.26. The van der Waals surface area contributed by atoms with Crippen molar-refractivity contribution in [2.45, 2.75) is 36.6 Å². The number of benzene rings is 2. The van der Waals surface area contributed by atoms with Gasteiger partial charge in [0.2, 0.25) is 5.75 Å². The van der Waals surface area contributed by atoms with E-state index in [-0.39, 0.29) is 36.2 Å². The van der Waals surface area contributed by atoms with Crippen molar-refractivity contribution in [3.8, 4) is 34.1 Å². The highest BCUT2D eigenvalue weighted by Gasteiger charge is 2.30. The minimum atomic E-state index is -0.935. The van der Waals surface area contributed by atoms with Crippen LogP contribution in [0.25, 0.3) is 11.1 Å². The summed E-state index contributed by atoms with van der Waals surface area (Å²) in [6.45, 7) is -0.256. The van der Waals surface area contributed by atoms with E-state index in [2.05, 4.69) is 10.2 Å². The van der Waals surface area contributed by atoms with E-state index in [1.165, 1.54) is 51.3 Å². The van der Waals surface area contributed by atoms with Gasteiger partial charge >= 0.3 is 5.97 Å². The van der Waals surface area contributed by atoms with Crippen LogP contribution < -0.4 is 29.7 Å².